The summed E-state index contributed by atoms with van der Waals surface area (Å²) >= 11 is 5.87. The summed E-state index contributed by atoms with van der Waals surface area (Å²) in [6, 6.07) is 7.10. The third kappa shape index (κ3) is 4.14. The fourth-order valence-corrected chi connectivity index (χ4v) is 1.23. The lowest BCUT2D eigenvalue weighted by Gasteiger charge is -2.03. The number of carbonyl (C=O) groups excluding carboxylic acids is 1. The van der Waals surface area contributed by atoms with Crippen molar-refractivity contribution in [1.82, 2.24) is 5.32 Å². The molecule has 0 aromatic heterocycles. The summed E-state index contributed by atoms with van der Waals surface area (Å²) in [5.41, 5.74) is 0.779. The van der Waals surface area contributed by atoms with Crippen LogP contribution in [0.25, 0.3) is 0 Å². The van der Waals surface area contributed by atoms with Gasteiger partial charge < -0.3 is 10.4 Å². The molecule has 0 aliphatic carbocycles. The van der Waals surface area contributed by atoms with Gasteiger partial charge in [0.15, 0.2) is 0 Å². The molecule has 5 heteroatoms. The van der Waals surface area contributed by atoms with Gasteiger partial charge in [-0.1, -0.05) is 29.8 Å². The molecule has 0 atom stereocenters. The van der Waals surface area contributed by atoms with Crippen molar-refractivity contribution >= 4 is 23.5 Å². The van der Waals surface area contributed by atoms with E-state index in [4.69, 9.17) is 16.7 Å². The summed E-state index contributed by atoms with van der Waals surface area (Å²) < 4.78 is 0. The molecule has 0 saturated heterocycles. The molecule has 0 radical (unpaired) electrons. The molecule has 16 heavy (non-hydrogen) atoms. The molecule has 0 aliphatic heterocycles. The zero-order valence-electron chi connectivity index (χ0n) is 8.31. The Hall–Kier alpha value is -1.81. The summed E-state index contributed by atoms with van der Waals surface area (Å²) in [5, 5.41) is 11.4. The number of halogens is 1. The Bertz CT molecular complexity index is 429. The number of rotatable bonds is 4. The molecule has 2 N–H and O–H groups in total. The van der Waals surface area contributed by atoms with Gasteiger partial charge in [0.2, 0.25) is 5.91 Å². The maximum absolute atomic E-state index is 11.1. The van der Waals surface area contributed by atoms with Crippen molar-refractivity contribution in [3.05, 3.63) is 47.0 Å². The normalized spacial score (nSPS) is 10.3. The van der Waals surface area contributed by atoms with Gasteiger partial charge in [0, 0.05) is 23.7 Å². The van der Waals surface area contributed by atoms with E-state index in [0.29, 0.717) is 5.02 Å². The number of hydrogen-bond acceptors (Lipinski definition) is 2. The largest absolute Gasteiger partial charge is 0.478 e. The van der Waals surface area contributed by atoms with Crippen LogP contribution in [0, 0.1) is 0 Å². The molecule has 1 aromatic carbocycles. The summed E-state index contributed by atoms with van der Waals surface area (Å²) in [6.45, 7) is 0.266. The molecule has 0 fully saturated rings. The van der Waals surface area contributed by atoms with Crippen LogP contribution in [-0.2, 0) is 16.1 Å². The average Bonchev–Trinajstić information content (AvgIpc) is 2.25. The SMILES string of the molecule is O=C(O)C=CC(=O)NCc1ccccc1Cl. The zero-order chi connectivity index (χ0) is 12.0. The van der Waals surface area contributed by atoms with Crippen molar-refractivity contribution in [1.29, 1.82) is 0 Å². The molecular formula is C11H10ClNO3. The minimum absolute atomic E-state index is 0.266. The van der Waals surface area contributed by atoms with E-state index in [2.05, 4.69) is 5.32 Å². The molecule has 84 valence electrons. The summed E-state index contributed by atoms with van der Waals surface area (Å²) in [6.07, 6.45) is 1.74. The molecule has 0 saturated carbocycles. The standard InChI is InChI=1S/C11H10ClNO3/c12-9-4-2-1-3-8(9)7-13-10(14)5-6-11(15)16/h1-6H,7H2,(H,13,14)(H,15,16). The van der Waals surface area contributed by atoms with E-state index in [0.717, 1.165) is 17.7 Å². The highest BCUT2D eigenvalue weighted by Gasteiger charge is 2.00. The van der Waals surface area contributed by atoms with Crippen molar-refractivity contribution in [3.8, 4) is 0 Å². The Labute approximate surface area is 97.5 Å². The van der Waals surface area contributed by atoms with Crippen LogP contribution in [0.2, 0.25) is 5.02 Å². The van der Waals surface area contributed by atoms with Crippen molar-refractivity contribution in [2.24, 2.45) is 0 Å². The Kier molecular flexibility index (Phi) is 4.54. The smallest absolute Gasteiger partial charge is 0.328 e. The first-order valence-electron chi connectivity index (χ1n) is 4.52. The third-order valence-electron chi connectivity index (χ3n) is 1.79. The first kappa shape index (κ1) is 12.3. The van der Waals surface area contributed by atoms with Gasteiger partial charge in [-0.15, -0.1) is 0 Å². The molecule has 1 amide bonds. The van der Waals surface area contributed by atoms with Gasteiger partial charge in [-0.3, -0.25) is 4.79 Å². The number of nitrogens with one attached hydrogen (secondary N) is 1. The van der Waals surface area contributed by atoms with Gasteiger partial charge in [-0.05, 0) is 11.6 Å². The second kappa shape index (κ2) is 5.92. The summed E-state index contributed by atoms with van der Waals surface area (Å²) in [5.74, 6) is -1.63. The number of carbonyl (C=O) groups is 2. The van der Waals surface area contributed by atoms with Crippen LogP contribution < -0.4 is 5.32 Å². The Balaban J connectivity index is 2.49. The second-order valence-electron chi connectivity index (χ2n) is 2.98. The van der Waals surface area contributed by atoms with Crippen molar-refractivity contribution in [3.63, 3.8) is 0 Å². The van der Waals surface area contributed by atoms with Gasteiger partial charge >= 0.3 is 5.97 Å². The number of benzene rings is 1. The highest BCUT2D eigenvalue weighted by molar-refractivity contribution is 6.31. The number of aliphatic carboxylic acids is 1. The van der Waals surface area contributed by atoms with Crippen molar-refractivity contribution in [2.45, 2.75) is 6.54 Å². The fourth-order valence-electron chi connectivity index (χ4n) is 1.03. The fraction of sp³-hybridized carbons (Fsp3) is 0.0909. The van der Waals surface area contributed by atoms with Crippen LogP contribution in [0.3, 0.4) is 0 Å². The maximum atomic E-state index is 11.1. The van der Waals surface area contributed by atoms with Crippen LogP contribution >= 0.6 is 11.6 Å². The van der Waals surface area contributed by atoms with E-state index in [-0.39, 0.29) is 6.54 Å². The number of hydrogen-bond donors (Lipinski definition) is 2. The Morgan fingerprint density at radius 2 is 2.00 bits per heavy atom. The second-order valence-corrected chi connectivity index (χ2v) is 3.39. The van der Waals surface area contributed by atoms with E-state index >= 15 is 0 Å². The zero-order valence-corrected chi connectivity index (χ0v) is 9.07. The lowest BCUT2D eigenvalue weighted by Crippen LogP contribution is -2.20. The van der Waals surface area contributed by atoms with Crippen LogP contribution in [0.5, 0.6) is 0 Å². The molecule has 1 rings (SSSR count). The lowest BCUT2D eigenvalue weighted by molar-refractivity contribution is -0.131. The van der Waals surface area contributed by atoms with E-state index in [1.165, 1.54) is 0 Å². The molecule has 0 aliphatic rings. The van der Waals surface area contributed by atoms with Gasteiger partial charge in [-0.25, -0.2) is 4.79 Å². The highest BCUT2D eigenvalue weighted by atomic mass is 35.5. The predicted molar refractivity (Wildman–Crippen MR) is 60.1 cm³/mol. The predicted octanol–water partition coefficient (Wildman–Crippen LogP) is 1.60. The molecule has 4 nitrogen and oxygen atoms in total. The Morgan fingerprint density at radius 3 is 2.62 bits per heavy atom. The number of carboxylic acids is 1. The van der Waals surface area contributed by atoms with E-state index in [1.807, 2.05) is 0 Å². The van der Waals surface area contributed by atoms with E-state index in [1.54, 1.807) is 24.3 Å². The van der Waals surface area contributed by atoms with Gasteiger partial charge in [0.1, 0.15) is 0 Å². The third-order valence-corrected chi connectivity index (χ3v) is 2.16. The molecule has 0 unspecified atom stereocenters. The summed E-state index contributed by atoms with van der Waals surface area (Å²) in [7, 11) is 0. The van der Waals surface area contributed by atoms with Crippen LogP contribution in [0.1, 0.15) is 5.56 Å². The first-order valence-corrected chi connectivity index (χ1v) is 4.89. The monoisotopic (exact) mass is 239 g/mol. The van der Waals surface area contributed by atoms with Gasteiger partial charge in [0.05, 0.1) is 0 Å². The topological polar surface area (TPSA) is 66.4 Å². The van der Waals surface area contributed by atoms with Gasteiger partial charge in [-0.2, -0.15) is 0 Å². The number of amides is 1. The molecule has 0 spiro atoms. The quantitative estimate of drug-likeness (QED) is 0.785. The molecule has 1 aromatic rings. The average molecular weight is 240 g/mol. The maximum Gasteiger partial charge on any atom is 0.328 e. The lowest BCUT2D eigenvalue weighted by atomic mass is 10.2. The molecule has 0 heterocycles. The van der Waals surface area contributed by atoms with Crippen LogP contribution in [-0.4, -0.2) is 17.0 Å². The molecular weight excluding hydrogens is 230 g/mol. The summed E-state index contributed by atoms with van der Waals surface area (Å²) in [4.78, 5) is 21.3. The Morgan fingerprint density at radius 1 is 1.31 bits per heavy atom. The van der Waals surface area contributed by atoms with Crippen LogP contribution in [0.15, 0.2) is 36.4 Å². The van der Waals surface area contributed by atoms with Crippen LogP contribution in [0.4, 0.5) is 0 Å². The number of carboxylic acid groups (broad SMARTS) is 1. The molecule has 0 bridgehead atoms. The minimum atomic E-state index is -1.16. The van der Waals surface area contributed by atoms with Crippen molar-refractivity contribution in [2.75, 3.05) is 0 Å². The highest BCUT2D eigenvalue weighted by Crippen LogP contribution is 2.14. The van der Waals surface area contributed by atoms with E-state index < -0.39 is 11.9 Å². The minimum Gasteiger partial charge on any atom is -0.478 e. The van der Waals surface area contributed by atoms with Gasteiger partial charge in [0.25, 0.3) is 0 Å². The van der Waals surface area contributed by atoms with Crippen molar-refractivity contribution < 1.29 is 14.7 Å². The van der Waals surface area contributed by atoms with E-state index in [9.17, 15) is 9.59 Å². The first-order chi connectivity index (χ1) is 7.59.